The summed E-state index contributed by atoms with van der Waals surface area (Å²) in [5, 5.41) is 0. The normalized spacial score (nSPS) is 15.1. The first-order valence-corrected chi connectivity index (χ1v) is 9.34. The topological polar surface area (TPSA) is 36.9 Å². The van der Waals surface area contributed by atoms with Crippen LogP contribution in [0.4, 0.5) is 0 Å². The van der Waals surface area contributed by atoms with Gasteiger partial charge in [-0.1, -0.05) is 51.2 Å². The lowest BCUT2D eigenvalue weighted by Crippen LogP contribution is -2.40. The molecule has 4 nitrogen and oxygen atoms in total. The Balaban J connectivity index is 1.71. The summed E-state index contributed by atoms with van der Waals surface area (Å²) < 4.78 is 22.2. The second-order valence-electron chi connectivity index (χ2n) is 6.68. The van der Waals surface area contributed by atoms with Crippen LogP contribution in [-0.2, 0) is 25.0 Å². The molecular formula is C19H26B2O4. The van der Waals surface area contributed by atoms with Gasteiger partial charge >= 0.3 is 14.2 Å². The maximum absolute atomic E-state index is 5.58. The van der Waals surface area contributed by atoms with Gasteiger partial charge in [-0.15, -0.1) is 0 Å². The molecule has 0 aliphatic carbocycles. The van der Waals surface area contributed by atoms with Crippen LogP contribution in [0.3, 0.4) is 0 Å². The first kappa shape index (κ1) is 17.8. The Kier molecular flexibility index (Phi) is 6.37. The van der Waals surface area contributed by atoms with Crippen molar-refractivity contribution in [2.45, 2.75) is 58.8 Å². The molecule has 1 aromatic rings. The summed E-state index contributed by atoms with van der Waals surface area (Å²) in [6.45, 7) is 4.32. The zero-order valence-electron chi connectivity index (χ0n) is 15.2. The van der Waals surface area contributed by atoms with E-state index in [2.05, 4.69) is 26.0 Å². The Morgan fingerprint density at radius 3 is 1.92 bits per heavy atom. The predicted octanol–water partition coefficient (Wildman–Crippen LogP) is 3.32. The Bertz CT molecular complexity index is 614. The van der Waals surface area contributed by atoms with Gasteiger partial charge in [0.15, 0.2) is 0 Å². The highest BCUT2D eigenvalue weighted by Crippen LogP contribution is 2.14. The number of hydrogen-bond acceptors (Lipinski definition) is 4. The molecule has 2 aliphatic heterocycles. The molecule has 0 saturated heterocycles. The molecule has 0 N–H and O–H groups in total. The summed E-state index contributed by atoms with van der Waals surface area (Å²) in [5.41, 5.74) is 4.55. The molecule has 0 unspecified atom stereocenters. The van der Waals surface area contributed by atoms with Crippen molar-refractivity contribution < 1.29 is 18.6 Å². The zero-order valence-corrected chi connectivity index (χ0v) is 15.2. The molecule has 0 fully saturated rings. The fourth-order valence-corrected chi connectivity index (χ4v) is 3.35. The lowest BCUT2D eigenvalue weighted by molar-refractivity contribution is 0.421. The van der Waals surface area contributed by atoms with E-state index in [1.807, 2.05) is 0 Å². The fraction of sp³-hybridized carbons (Fsp3) is 0.474. The minimum atomic E-state index is -0.346. The van der Waals surface area contributed by atoms with Crippen LogP contribution < -0.4 is 10.9 Å². The van der Waals surface area contributed by atoms with Crippen molar-refractivity contribution in [3.8, 4) is 0 Å². The van der Waals surface area contributed by atoms with Gasteiger partial charge in [0, 0.05) is 10.9 Å². The summed E-state index contributed by atoms with van der Waals surface area (Å²) in [6, 6.07) is 4.34. The molecule has 0 atom stereocenters. The van der Waals surface area contributed by atoms with E-state index in [1.54, 1.807) is 25.0 Å². The standard InChI is InChI=1S/C19H26B2O4/c1-3-4-5-6-7-8-9-17-15-18(20-22-10-11-23-20)16(2)14-19(17)21-24-12-13-25-21/h10-15H,3-9H2,1-2H3. The lowest BCUT2D eigenvalue weighted by atomic mass is 9.68. The second-order valence-corrected chi connectivity index (χ2v) is 6.68. The van der Waals surface area contributed by atoms with E-state index in [4.69, 9.17) is 18.6 Å². The van der Waals surface area contributed by atoms with Gasteiger partial charge < -0.3 is 18.6 Å². The van der Waals surface area contributed by atoms with E-state index in [9.17, 15) is 0 Å². The van der Waals surface area contributed by atoms with Crippen LogP contribution in [0.15, 0.2) is 37.2 Å². The number of rotatable bonds is 9. The highest BCUT2D eigenvalue weighted by atomic mass is 16.6. The van der Waals surface area contributed by atoms with Crippen molar-refractivity contribution >= 4 is 25.2 Å². The van der Waals surface area contributed by atoms with E-state index in [0.29, 0.717) is 0 Å². The summed E-state index contributed by atoms with van der Waals surface area (Å²) in [4.78, 5) is 0. The van der Waals surface area contributed by atoms with E-state index in [-0.39, 0.29) is 14.2 Å². The number of benzene rings is 1. The molecule has 1 aromatic carbocycles. The lowest BCUT2D eigenvalue weighted by Gasteiger charge is -2.16. The maximum Gasteiger partial charge on any atom is 0.632 e. The molecule has 132 valence electrons. The third-order valence-corrected chi connectivity index (χ3v) is 4.76. The van der Waals surface area contributed by atoms with Gasteiger partial charge in [-0.25, -0.2) is 0 Å². The summed E-state index contributed by atoms with van der Waals surface area (Å²) in [6.07, 6.45) is 15.1. The van der Waals surface area contributed by atoms with Gasteiger partial charge in [0.25, 0.3) is 0 Å². The van der Waals surface area contributed by atoms with Gasteiger partial charge in [-0.3, -0.25) is 0 Å². The van der Waals surface area contributed by atoms with Crippen molar-refractivity contribution in [1.82, 2.24) is 0 Å². The Hall–Kier alpha value is -1.97. The van der Waals surface area contributed by atoms with Crippen molar-refractivity contribution in [2.75, 3.05) is 0 Å². The van der Waals surface area contributed by atoms with E-state index in [1.165, 1.54) is 44.1 Å². The monoisotopic (exact) mass is 340 g/mol. The molecule has 0 radical (unpaired) electrons. The van der Waals surface area contributed by atoms with Gasteiger partial charge in [0.05, 0.1) is 25.0 Å². The van der Waals surface area contributed by atoms with Crippen LogP contribution >= 0.6 is 0 Å². The number of hydrogen-bond donors (Lipinski definition) is 0. The first-order chi connectivity index (χ1) is 12.3. The average Bonchev–Trinajstić information content (AvgIpc) is 3.32. The molecule has 0 saturated carbocycles. The molecule has 3 rings (SSSR count). The molecule has 6 heteroatoms. The average molecular weight is 340 g/mol. The molecule has 0 bridgehead atoms. The summed E-state index contributed by atoms with van der Waals surface area (Å²) >= 11 is 0. The second kappa shape index (κ2) is 8.93. The molecule has 0 aromatic heterocycles. The highest BCUT2D eigenvalue weighted by molar-refractivity contribution is 6.65. The maximum atomic E-state index is 5.58. The quantitative estimate of drug-likeness (QED) is 0.511. The van der Waals surface area contributed by atoms with Crippen molar-refractivity contribution in [3.63, 3.8) is 0 Å². The van der Waals surface area contributed by atoms with Crippen molar-refractivity contribution in [2.24, 2.45) is 0 Å². The van der Waals surface area contributed by atoms with Crippen LogP contribution in [0, 0.1) is 6.92 Å². The van der Waals surface area contributed by atoms with E-state index in [0.717, 1.165) is 22.9 Å². The van der Waals surface area contributed by atoms with Gasteiger partial charge in [0.1, 0.15) is 0 Å². The molecule has 2 heterocycles. The van der Waals surface area contributed by atoms with Gasteiger partial charge in [0.2, 0.25) is 0 Å². The number of unbranched alkanes of at least 4 members (excludes halogenated alkanes) is 5. The van der Waals surface area contributed by atoms with Crippen molar-refractivity contribution in [3.05, 3.63) is 48.3 Å². The van der Waals surface area contributed by atoms with Crippen LogP contribution in [0.25, 0.3) is 0 Å². The molecule has 25 heavy (non-hydrogen) atoms. The SMILES string of the molecule is CCCCCCCCc1cc(B2OC=CO2)c(C)cc1B1OC=CO1. The smallest absolute Gasteiger partial charge is 0.525 e. The predicted molar refractivity (Wildman–Crippen MR) is 102 cm³/mol. The van der Waals surface area contributed by atoms with Crippen LogP contribution in [0.5, 0.6) is 0 Å². The molecule has 0 spiro atoms. The van der Waals surface area contributed by atoms with Crippen LogP contribution in [0.2, 0.25) is 0 Å². The Morgan fingerprint density at radius 2 is 1.28 bits per heavy atom. The Morgan fingerprint density at radius 1 is 0.720 bits per heavy atom. The molecule has 2 aliphatic rings. The van der Waals surface area contributed by atoms with E-state index >= 15 is 0 Å². The van der Waals surface area contributed by atoms with Crippen molar-refractivity contribution in [1.29, 1.82) is 0 Å². The first-order valence-electron chi connectivity index (χ1n) is 9.34. The largest absolute Gasteiger partial charge is 0.632 e. The van der Waals surface area contributed by atoms with Crippen LogP contribution in [0.1, 0.15) is 56.6 Å². The van der Waals surface area contributed by atoms with Gasteiger partial charge in [-0.05, 0) is 30.9 Å². The fourth-order valence-electron chi connectivity index (χ4n) is 3.35. The zero-order chi connectivity index (χ0) is 17.5. The molecule has 0 amide bonds. The number of aryl methyl sites for hydroxylation is 2. The third kappa shape index (κ3) is 4.56. The minimum absolute atomic E-state index is 0.341. The Labute approximate surface area is 151 Å². The molecular weight excluding hydrogens is 314 g/mol. The summed E-state index contributed by atoms with van der Waals surface area (Å²) in [5.74, 6) is 0. The van der Waals surface area contributed by atoms with Crippen LogP contribution in [-0.4, -0.2) is 14.2 Å². The highest BCUT2D eigenvalue weighted by Gasteiger charge is 2.34. The third-order valence-electron chi connectivity index (χ3n) is 4.76. The minimum Gasteiger partial charge on any atom is -0.525 e. The van der Waals surface area contributed by atoms with E-state index < -0.39 is 0 Å². The summed E-state index contributed by atoms with van der Waals surface area (Å²) in [7, 11) is -0.688. The van der Waals surface area contributed by atoms with Gasteiger partial charge in [-0.2, -0.15) is 0 Å².